The van der Waals surface area contributed by atoms with Gasteiger partial charge in [0.15, 0.2) is 5.78 Å². The molecule has 0 saturated heterocycles. The minimum Gasteiger partial charge on any atom is -0.380 e. The van der Waals surface area contributed by atoms with Crippen molar-refractivity contribution in [3.05, 3.63) is 34.3 Å². The van der Waals surface area contributed by atoms with E-state index < -0.39 is 0 Å². The second kappa shape index (κ2) is 7.17. The highest BCUT2D eigenvalue weighted by atomic mass is 79.9. The molecule has 1 aliphatic rings. The van der Waals surface area contributed by atoms with Crippen molar-refractivity contribution in [2.24, 2.45) is 5.92 Å². The monoisotopic (exact) mass is 325 g/mol. The summed E-state index contributed by atoms with van der Waals surface area (Å²) in [4.78, 5) is 14.1. The van der Waals surface area contributed by atoms with Gasteiger partial charge in [-0.3, -0.25) is 9.69 Å². The first-order valence-corrected chi connectivity index (χ1v) is 7.49. The highest BCUT2D eigenvalue weighted by molar-refractivity contribution is 9.10. The van der Waals surface area contributed by atoms with Crippen LogP contribution < -0.4 is 0 Å². The number of halogens is 1. The van der Waals surface area contributed by atoms with E-state index in [-0.39, 0.29) is 5.78 Å². The Morgan fingerprint density at radius 2 is 2.26 bits per heavy atom. The van der Waals surface area contributed by atoms with Crippen molar-refractivity contribution in [3.63, 3.8) is 0 Å². The normalized spacial score (nSPS) is 14.9. The average molecular weight is 326 g/mol. The van der Waals surface area contributed by atoms with E-state index in [1.54, 1.807) is 0 Å². The number of carbonyl (C=O) groups excluding carboxylic acids is 1. The van der Waals surface area contributed by atoms with Crippen LogP contribution in [0.3, 0.4) is 0 Å². The van der Waals surface area contributed by atoms with Crippen molar-refractivity contribution >= 4 is 21.7 Å². The maximum atomic E-state index is 12.1. The Hall–Kier alpha value is -0.710. The molecule has 0 bridgehead atoms. The maximum absolute atomic E-state index is 12.1. The molecule has 0 radical (unpaired) electrons. The number of Topliss-reactive ketones (excluding diaryl/α,β-unsaturated/α-hetero) is 1. The minimum atomic E-state index is 0.144. The van der Waals surface area contributed by atoms with Crippen LogP contribution in [0.1, 0.15) is 23.2 Å². The largest absolute Gasteiger partial charge is 0.380 e. The van der Waals surface area contributed by atoms with E-state index >= 15 is 0 Å². The Morgan fingerprint density at radius 3 is 2.95 bits per heavy atom. The van der Waals surface area contributed by atoms with Gasteiger partial charge >= 0.3 is 0 Å². The highest BCUT2D eigenvalue weighted by Crippen LogP contribution is 2.28. The predicted molar refractivity (Wildman–Crippen MR) is 79.5 cm³/mol. The van der Waals surface area contributed by atoms with Crippen LogP contribution in [-0.2, 0) is 4.74 Å². The number of carbonyl (C=O) groups is 1. The molecule has 1 aromatic carbocycles. The Bertz CT molecular complexity index is 432. The zero-order valence-corrected chi connectivity index (χ0v) is 12.9. The molecule has 0 aliphatic heterocycles. The second-order valence-electron chi connectivity index (χ2n) is 5.19. The van der Waals surface area contributed by atoms with Crippen molar-refractivity contribution in [3.8, 4) is 0 Å². The molecule has 0 N–H and O–H groups in total. The molecule has 0 aromatic heterocycles. The van der Waals surface area contributed by atoms with E-state index in [0.717, 1.165) is 29.1 Å². The van der Waals surface area contributed by atoms with Gasteiger partial charge in [-0.15, -0.1) is 0 Å². The molecule has 2 rings (SSSR count). The van der Waals surface area contributed by atoms with Crippen LogP contribution in [0, 0.1) is 5.92 Å². The summed E-state index contributed by atoms with van der Waals surface area (Å²) in [7, 11) is 1.95. The third-order valence-electron chi connectivity index (χ3n) is 3.23. The molecule has 0 atom stereocenters. The number of hydrogen-bond donors (Lipinski definition) is 0. The van der Waals surface area contributed by atoms with Crippen LogP contribution in [-0.4, -0.2) is 44.0 Å². The number of hydrogen-bond acceptors (Lipinski definition) is 3. The lowest BCUT2D eigenvalue weighted by Gasteiger charge is -2.15. The van der Waals surface area contributed by atoms with Crippen LogP contribution >= 0.6 is 15.9 Å². The average Bonchev–Trinajstić information content (AvgIpc) is 3.18. The highest BCUT2D eigenvalue weighted by Gasteiger charge is 2.21. The smallest absolute Gasteiger partial charge is 0.176 e. The molecular formula is C15H20BrNO2. The lowest BCUT2D eigenvalue weighted by molar-refractivity contribution is 0.0861. The van der Waals surface area contributed by atoms with Crippen LogP contribution in [0.25, 0.3) is 0 Å². The molecule has 4 heteroatoms. The Labute approximate surface area is 123 Å². The fourth-order valence-electron chi connectivity index (χ4n) is 1.83. The Kier molecular flexibility index (Phi) is 5.55. The van der Waals surface area contributed by atoms with Gasteiger partial charge in [0.1, 0.15) is 0 Å². The Morgan fingerprint density at radius 1 is 1.47 bits per heavy atom. The van der Waals surface area contributed by atoms with Gasteiger partial charge in [-0.2, -0.15) is 0 Å². The zero-order valence-electron chi connectivity index (χ0n) is 11.3. The number of benzene rings is 1. The van der Waals surface area contributed by atoms with Gasteiger partial charge in [0.25, 0.3) is 0 Å². The number of ether oxygens (including phenoxy) is 1. The SMILES string of the molecule is CN(CCOCC1CC1)CC(=O)c1cccc(Br)c1. The fourth-order valence-corrected chi connectivity index (χ4v) is 2.23. The number of likely N-dealkylation sites (N-methyl/N-ethyl adjacent to an activating group) is 1. The van der Waals surface area contributed by atoms with Gasteiger partial charge in [-0.25, -0.2) is 0 Å². The van der Waals surface area contributed by atoms with Crippen molar-refractivity contribution in [2.75, 3.05) is 33.4 Å². The van der Waals surface area contributed by atoms with Gasteiger partial charge in [0.05, 0.1) is 13.2 Å². The fraction of sp³-hybridized carbons (Fsp3) is 0.533. The molecule has 104 valence electrons. The van der Waals surface area contributed by atoms with Gasteiger partial charge < -0.3 is 4.74 Å². The lowest BCUT2D eigenvalue weighted by atomic mass is 10.1. The summed E-state index contributed by atoms with van der Waals surface area (Å²) >= 11 is 3.38. The first-order valence-electron chi connectivity index (χ1n) is 6.70. The number of rotatable bonds is 8. The summed E-state index contributed by atoms with van der Waals surface area (Å²) in [6.07, 6.45) is 2.63. The molecule has 1 aromatic rings. The van der Waals surface area contributed by atoms with Crippen molar-refractivity contribution in [1.82, 2.24) is 4.90 Å². The molecule has 0 amide bonds. The van der Waals surface area contributed by atoms with Gasteiger partial charge in [-0.1, -0.05) is 28.1 Å². The molecule has 3 nitrogen and oxygen atoms in total. The van der Waals surface area contributed by atoms with E-state index in [9.17, 15) is 4.79 Å². The van der Waals surface area contributed by atoms with Gasteiger partial charge in [-0.05, 0) is 37.9 Å². The third kappa shape index (κ3) is 5.43. The van der Waals surface area contributed by atoms with Crippen LogP contribution in [0.15, 0.2) is 28.7 Å². The van der Waals surface area contributed by atoms with Gasteiger partial charge in [0.2, 0.25) is 0 Å². The molecular weight excluding hydrogens is 306 g/mol. The molecule has 1 fully saturated rings. The maximum Gasteiger partial charge on any atom is 0.176 e. The summed E-state index contributed by atoms with van der Waals surface area (Å²) in [5, 5.41) is 0. The van der Waals surface area contributed by atoms with E-state index in [4.69, 9.17) is 4.74 Å². The third-order valence-corrected chi connectivity index (χ3v) is 3.72. The van der Waals surface area contributed by atoms with E-state index in [0.29, 0.717) is 13.2 Å². The summed E-state index contributed by atoms with van der Waals surface area (Å²) < 4.78 is 6.51. The van der Waals surface area contributed by atoms with Gasteiger partial charge in [0, 0.05) is 23.2 Å². The molecule has 1 aliphatic carbocycles. The topological polar surface area (TPSA) is 29.5 Å². The van der Waals surface area contributed by atoms with E-state index in [1.807, 2.05) is 36.2 Å². The first-order chi connectivity index (χ1) is 9.15. The van der Waals surface area contributed by atoms with Crippen LogP contribution in [0.5, 0.6) is 0 Å². The van der Waals surface area contributed by atoms with Crippen molar-refractivity contribution in [1.29, 1.82) is 0 Å². The first kappa shape index (κ1) is 14.7. The van der Waals surface area contributed by atoms with E-state index in [1.165, 1.54) is 12.8 Å². The zero-order chi connectivity index (χ0) is 13.7. The molecule has 0 spiro atoms. The second-order valence-corrected chi connectivity index (χ2v) is 6.11. The summed E-state index contributed by atoms with van der Waals surface area (Å²) in [5.41, 5.74) is 0.750. The minimum absolute atomic E-state index is 0.144. The van der Waals surface area contributed by atoms with Crippen LogP contribution in [0.2, 0.25) is 0 Å². The summed E-state index contributed by atoms with van der Waals surface area (Å²) in [6.45, 7) is 2.82. The molecule has 19 heavy (non-hydrogen) atoms. The van der Waals surface area contributed by atoms with E-state index in [2.05, 4.69) is 15.9 Å². The van der Waals surface area contributed by atoms with Crippen LogP contribution in [0.4, 0.5) is 0 Å². The molecule has 0 heterocycles. The Balaban J connectivity index is 1.68. The summed E-state index contributed by atoms with van der Waals surface area (Å²) in [5.74, 6) is 0.944. The quantitative estimate of drug-likeness (QED) is 0.543. The molecule has 1 saturated carbocycles. The summed E-state index contributed by atoms with van der Waals surface area (Å²) in [6, 6.07) is 7.52. The molecule has 0 unspecified atom stereocenters. The number of nitrogens with zero attached hydrogens (tertiary/aromatic N) is 1. The van der Waals surface area contributed by atoms with Crippen molar-refractivity contribution in [2.45, 2.75) is 12.8 Å². The predicted octanol–water partition coefficient (Wildman–Crippen LogP) is 2.99. The van der Waals surface area contributed by atoms with Crippen molar-refractivity contribution < 1.29 is 9.53 Å². The lowest BCUT2D eigenvalue weighted by Crippen LogP contribution is -2.29. The number of ketones is 1. The standard InChI is InChI=1S/C15H20BrNO2/c1-17(7-8-19-11-12-5-6-12)10-15(18)13-3-2-4-14(16)9-13/h2-4,9,12H,5-8,10-11H2,1H3.